The second-order valence-electron chi connectivity index (χ2n) is 4.17. The maximum Gasteiger partial charge on any atom is 0.0474 e. The summed E-state index contributed by atoms with van der Waals surface area (Å²) in [6.07, 6.45) is 3.48. The minimum atomic E-state index is 0.127. The Morgan fingerprint density at radius 2 is 2.15 bits per heavy atom. The van der Waals surface area contributed by atoms with E-state index in [1.54, 1.807) is 7.11 Å². The highest BCUT2D eigenvalue weighted by Crippen LogP contribution is 2.22. The first kappa shape index (κ1) is 11.0. The number of nitrogens with zero attached hydrogens (tertiary/aromatic N) is 1. The molecule has 1 aliphatic heterocycles. The van der Waals surface area contributed by atoms with E-state index >= 15 is 0 Å². The summed E-state index contributed by atoms with van der Waals surface area (Å²) in [7, 11) is 1.75. The molecule has 0 aromatic rings. The number of hydrogen-bond donors (Lipinski definition) is 1. The second-order valence-corrected chi connectivity index (χ2v) is 4.17. The van der Waals surface area contributed by atoms with E-state index in [0.29, 0.717) is 0 Å². The summed E-state index contributed by atoms with van der Waals surface area (Å²) in [6, 6.07) is 0. The molecule has 2 N–H and O–H groups in total. The fourth-order valence-corrected chi connectivity index (χ4v) is 2.09. The molecule has 0 bridgehead atoms. The summed E-state index contributed by atoms with van der Waals surface area (Å²) in [5.74, 6) is 0. The van der Waals surface area contributed by atoms with Crippen molar-refractivity contribution in [3.8, 4) is 0 Å². The van der Waals surface area contributed by atoms with Gasteiger partial charge in [-0.2, -0.15) is 0 Å². The molecule has 1 fully saturated rings. The molecule has 0 spiro atoms. The smallest absolute Gasteiger partial charge is 0.0474 e. The average molecular weight is 186 g/mol. The van der Waals surface area contributed by atoms with Gasteiger partial charge in [0.2, 0.25) is 0 Å². The minimum absolute atomic E-state index is 0.127. The molecule has 3 heteroatoms. The number of ether oxygens (including phenoxy) is 1. The van der Waals surface area contributed by atoms with Gasteiger partial charge in [0.1, 0.15) is 0 Å². The molecule has 0 saturated carbocycles. The lowest BCUT2D eigenvalue weighted by atomic mass is 9.86. The van der Waals surface area contributed by atoms with E-state index in [4.69, 9.17) is 10.5 Å². The second kappa shape index (κ2) is 4.94. The van der Waals surface area contributed by atoms with E-state index in [2.05, 4.69) is 11.8 Å². The zero-order chi connectivity index (χ0) is 9.73. The Labute approximate surface area is 81.2 Å². The van der Waals surface area contributed by atoms with E-state index in [1.165, 1.54) is 6.42 Å². The van der Waals surface area contributed by atoms with Crippen LogP contribution in [0.3, 0.4) is 0 Å². The van der Waals surface area contributed by atoms with Gasteiger partial charge in [-0.15, -0.1) is 0 Å². The topological polar surface area (TPSA) is 38.5 Å². The lowest BCUT2D eigenvalue weighted by Crippen LogP contribution is -2.67. The van der Waals surface area contributed by atoms with Crippen LogP contribution in [-0.4, -0.2) is 43.8 Å². The normalized spacial score (nSPS) is 21.5. The van der Waals surface area contributed by atoms with E-state index in [9.17, 15) is 0 Å². The Balaban J connectivity index is 2.03. The van der Waals surface area contributed by atoms with Gasteiger partial charge in [0.15, 0.2) is 0 Å². The summed E-state index contributed by atoms with van der Waals surface area (Å²) < 4.78 is 5.00. The number of nitrogens with two attached hydrogens (primary N) is 1. The quantitative estimate of drug-likeness (QED) is 0.625. The minimum Gasteiger partial charge on any atom is -0.385 e. The van der Waals surface area contributed by atoms with Gasteiger partial charge in [0.25, 0.3) is 0 Å². The molecule has 0 radical (unpaired) electrons. The van der Waals surface area contributed by atoms with Crippen molar-refractivity contribution in [1.29, 1.82) is 0 Å². The third-order valence-electron chi connectivity index (χ3n) is 2.65. The number of likely N-dealkylation sites (tertiary alicyclic amines) is 1. The summed E-state index contributed by atoms with van der Waals surface area (Å²) in [6.45, 7) is 6.34. The van der Waals surface area contributed by atoms with Crippen LogP contribution in [0.25, 0.3) is 0 Å². The molecule has 0 aromatic carbocycles. The van der Waals surface area contributed by atoms with Gasteiger partial charge in [-0.3, -0.25) is 4.90 Å². The number of hydrogen-bond acceptors (Lipinski definition) is 3. The fraction of sp³-hybridized carbons (Fsp3) is 1.00. The molecular formula is C10H22N2O. The zero-order valence-corrected chi connectivity index (χ0v) is 8.88. The lowest BCUT2D eigenvalue weighted by Gasteiger charge is -2.48. The molecule has 13 heavy (non-hydrogen) atoms. The summed E-state index contributed by atoms with van der Waals surface area (Å²) >= 11 is 0. The molecule has 78 valence electrons. The average Bonchev–Trinajstić information content (AvgIpc) is 2.02. The van der Waals surface area contributed by atoms with Gasteiger partial charge in [-0.1, -0.05) is 13.3 Å². The van der Waals surface area contributed by atoms with Crippen molar-refractivity contribution >= 4 is 0 Å². The van der Waals surface area contributed by atoms with Crippen LogP contribution in [0.1, 0.15) is 26.2 Å². The van der Waals surface area contributed by atoms with E-state index < -0.39 is 0 Å². The monoisotopic (exact) mass is 186 g/mol. The molecule has 1 aliphatic rings. The number of rotatable bonds is 6. The molecule has 1 heterocycles. The summed E-state index contributed by atoms with van der Waals surface area (Å²) in [4.78, 5) is 2.41. The van der Waals surface area contributed by atoms with Crippen LogP contribution < -0.4 is 5.73 Å². The molecule has 3 nitrogen and oxygen atoms in total. The Morgan fingerprint density at radius 1 is 1.46 bits per heavy atom. The Hall–Kier alpha value is -0.120. The Bertz CT molecular complexity index is 144. The van der Waals surface area contributed by atoms with E-state index in [-0.39, 0.29) is 5.54 Å². The van der Waals surface area contributed by atoms with Crippen LogP contribution in [0.15, 0.2) is 0 Å². The highest BCUT2D eigenvalue weighted by Gasteiger charge is 2.37. The van der Waals surface area contributed by atoms with Gasteiger partial charge >= 0.3 is 0 Å². The molecule has 1 rings (SSSR count). The highest BCUT2D eigenvalue weighted by atomic mass is 16.5. The number of methoxy groups -OCH3 is 1. The maximum atomic E-state index is 6.14. The van der Waals surface area contributed by atoms with Crippen molar-refractivity contribution < 1.29 is 4.74 Å². The summed E-state index contributed by atoms with van der Waals surface area (Å²) in [5.41, 5.74) is 6.26. The van der Waals surface area contributed by atoms with Crippen molar-refractivity contribution in [3.63, 3.8) is 0 Å². The van der Waals surface area contributed by atoms with Gasteiger partial charge in [-0.05, 0) is 12.8 Å². The van der Waals surface area contributed by atoms with Crippen LogP contribution in [0.5, 0.6) is 0 Å². The Kier molecular flexibility index (Phi) is 4.16. The van der Waals surface area contributed by atoms with Gasteiger partial charge in [0.05, 0.1) is 0 Å². The molecule has 0 aromatic heterocycles. The molecule has 0 unspecified atom stereocenters. The van der Waals surface area contributed by atoms with Crippen molar-refractivity contribution in [2.75, 3.05) is 33.4 Å². The first-order valence-corrected chi connectivity index (χ1v) is 5.20. The molecule has 1 saturated heterocycles. The van der Waals surface area contributed by atoms with Crippen molar-refractivity contribution in [1.82, 2.24) is 4.90 Å². The third-order valence-corrected chi connectivity index (χ3v) is 2.65. The van der Waals surface area contributed by atoms with Crippen molar-refractivity contribution in [2.24, 2.45) is 5.73 Å². The van der Waals surface area contributed by atoms with Crippen molar-refractivity contribution in [2.45, 2.75) is 31.7 Å². The van der Waals surface area contributed by atoms with Crippen LogP contribution in [0, 0.1) is 0 Å². The first-order valence-electron chi connectivity index (χ1n) is 5.20. The SMILES string of the molecule is CCCC1(N)CN(CCCOC)C1. The van der Waals surface area contributed by atoms with Crippen LogP contribution in [-0.2, 0) is 4.74 Å². The molecule has 0 aliphatic carbocycles. The van der Waals surface area contributed by atoms with Gasteiger partial charge in [0, 0.05) is 38.9 Å². The van der Waals surface area contributed by atoms with Crippen LogP contribution in [0.4, 0.5) is 0 Å². The fourth-order valence-electron chi connectivity index (χ4n) is 2.09. The van der Waals surface area contributed by atoms with Crippen molar-refractivity contribution in [3.05, 3.63) is 0 Å². The highest BCUT2D eigenvalue weighted by molar-refractivity contribution is 4.99. The largest absolute Gasteiger partial charge is 0.385 e. The predicted molar refractivity (Wildman–Crippen MR) is 54.8 cm³/mol. The van der Waals surface area contributed by atoms with E-state index in [1.807, 2.05) is 0 Å². The zero-order valence-electron chi connectivity index (χ0n) is 8.88. The van der Waals surface area contributed by atoms with Gasteiger partial charge < -0.3 is 10.5 Å². The van der Waals surface area contributed by atoms with E-state index in [0.717, 1.165) is 39.1 Å². The standard InChI is InChI=1S/C10H22N2O/c1-3-5-10(11)8-12(9-10)6-4-7-13-2/h3-9,11H2,1-2H3. The lowest BCUT2D eigenvalue weighted by molar-refractivity contribution is 0.0547. The Morgan fingerprint density at radius 3 is 2.69 bits per heavy atom. The van der Waals surface area contributed by atoms with Crippen LogP contribution >= 0.6 is 0 Å². The molecular weight excluding hydrogens is 164 g/mol. The first-order chi connectivity index (χ1) is 6.20. The predicted octanol–water partition coefficient (Wildman–Crippen LogP) is 0.836. The van der Waals surface area contributed by atoms with Crippen LogP contribution in [0.2, 0.25) is 0 Å². The molecule has 0 amide bonds. The third kappa shape index (κ3) is 3.25. The summed E-state index contributed by atoms with van der Waals surface area (Å²) in [5, 5.41) is 0. The van der Waals surface area contributed by atoms with Gasteiger partial charge in [-0.25, -0.2) is 0 Å². The molecule has 0 atom stereocenters. The maximum absolute atomic E-state index is 6.14.